The van der Waals surface area contributed by atoms with Crippen molar-refractivity contribution in [2.45, 2.75) is 32.0 Å². The van der Waals surface area contributed by atoms with Crippen LogP contribution in [0.2, 0.25) is 0 Å². The molecule has 8 heteroatoms. The molecule has 1 unspecified atom stereocenters. The lowest BCUT2D eigenvalue weighted by atomic mass is 10.2. The smallest absolute Gasteiger partial charge is 0.454 e. The number of rotatable bonds is 6. The van der Waals surface area contributed by atoms with E-state index in [1.54, 1.807) is 24.3 Å². The summed E-state index contributed by atoms with van der Waals surface area (Å²) in [5.74, 6) is -1.59. The van der Waals surface area contributed by atoms with Crippen LogP contribution in [-0.4, -0.2) is 42.0 Å². The number of hydrogen-bond donors (Lipinski definition) is 1. The van der Waals surface area contributed by atoms with Crippen molar-refractivity contribution >= 4 is 17.4 Å². The molecule has 0 aromatic heterocycles. The summed E-state index contributed by atoms with van der Waals surface area (Å²) in [5.41, 5.74) is 0.565. The van der Waals surface area contributed by atoms with Crippen molar-refractivity contribution in [3.63, 3.8) is 0 Å². The van der Waals surface area contributed by atoms with Gasteiger partial charge in [-0.2, -0.15) is 13.2 Å². The number of allylic oxidation sites excluding steroid dienone is 1. The molecule has 25 heavy (non-hydrogen) atoms. The van der Waals surface area contributed by atoms with E-state index in [0.717, 1.165) is 6.20 Å². The van der Waals surface area contributed by atoms with Gasteiger partial charge in [0.25, 0.3) is 5.78 Å². The van der Waals surface area contributed by atoms with Gasteiger partial charge in [-0.15, -0.1) is 0 Å². The maximum atomic E-state index is 12.4. The number of nitrogens with one attached hydrogen (secondary N) is 1. The third-order valence-corrected chi connectivity index (χ3v) is 3.73. The van der Waals surface area contributed by atoms with Crippen LogP contribution >= 0.6 is 0 Å². The van der Waals surface area contributed by atoms with Crippen LogP contribution in [0.3, 0.4) is 0 Å². The van der Waals surface area contributed by atoms with Crippen molar-refractivity contribution in [3.8, 4) is 5.75 Å². The molecule has 1 atom stereocenters. The van der Waals surface area contributed by atoms with Crippen molar-refractivity contribution in [2.75, 3.05) is 18.5 Å². The first-order valence-corrected chi connectivity index (χ1v) is 7.90. The van der Waals surface area contributed by atoms with Crippen LogP contribution in [0, 0.1) is 0 Å². The number of halogens is 3. The Labute approximate surface area is 143 Å². The molecule has 1 aliphatic rings. The van der Waals surface area contributed by atoms with Gasteiger partial charge in [0.1, 0.15) is 11.8 Å². The Morgan fingerprint density at radius 2 is 2.00 bits per heavy atom. The molecule has 5 nitrogen and oxygen atoms in total. The highest BCUT2D eigenvalue weighted by Crippen LogP contribution is 2.22. The number of hydrogen-bond acceptors (Lipinski definition) is 4. The molecular formula is C17H19F3N2O3. The third-order valence-electron chi connectivity index (χ3n) is 3.73. The second-order valence-corrected chi connectivity index (χ2v) is 5.52. The van der Waals surface area contributed by atoms with Crippen LogP contribution in [0.15, 0.2) is 36.5 Å². The fraction of sp³-hybridized carbons (Fsp3) is 0.412. The SMILES string of the molecule is CCOc1ccc(NC(=O)C2CCCN2C=CC(=O)C(F)(F)F)cc1. The molecule has 1 N–H and O–H groups in total. The summed E-state index contributed by atoms with van der Waals surface area (Å²) in [6.07, 6.45) is -2.23. The molecule has 0 aliphatic carbocycles. The number of carbonyl (C=O) groups is 2. The van der Waals surface area contributed by atoms with E-state index in [1.807, 2.05) is 6.92 Å². The summed E-state index contributed by atoms with van der Waals surface area (Å²) in [6.45, 7) is 2.82. The van der Waals surface area contributed by atoms with Crippen LogP contribution in [0.4, 0.5) is 18.9 Å². The number of nitrogens with zero attached hydrogens (tertiary/aromatic N) is 1. The fourth-order valence-electron chi connectivity index (χ4n) is 2.53. The normalized spacial score (nSPS) is 17.8. The van der Waals surface area contributed by atoms with Gasteiger partial charge in [0.15, 0.2) is 0 Å². The highest BCUT2D eigenvalue weighted by molar-refractivity contribution is 5.96. The molecule has 1 aromatic rings. The summed E-state index contributed by atoms with van der Waals surface area (Å²) >= 11 is 0. The second-order valence-electron chi connectivity index (χ2n) is 5.52. The van der Waals surface area contributed by atoms with Gasteiger partial charge in [0.05, 0.1) is 6.61 Å². The number of anilines is 1. The van der Waals surface area contributed by atoms with Gasteiger partial charge >= 0.3 is 6.18 Å². The van der Waals surface area contributed by atoms with E-state index in [9.17, 15) is 22.8 Å². The maximum absolute atomic E-state index is 12.4. The molecule has 1 saturated heterocycles. The van der Waals surface area contributed by atoms with Crippen LogP contribution in [0.5, 0.6) is 5.75 Å². The van der Waals surface area contributed by atoms with Crippen molar-refractivity contribution in [1.82, 2.24) is 4.90 Å². The highest BCUT2D eigenvalue weighted by Gasteiger charge is 2.37. The van der Waals surface area contributed by atoms with Crippen LogP contribution in [0.1, 0.15) is 19.8 Å². The quantitative estimate of drug-likeness (QED) is 0.796. The zero-order chi connectivity index (χ0) is 18.4. The van der Waals surface area contributed by atoms with Crippen molar-refractivity contribution in [2.24, 2.45) is 0 Å². The summed E-state index contributed by atoms with van der Waals surface area (Å²) in [7, 11) is 0. The van der Waals surface area contributed by atoms with Crippen LogP contribution < -0.4 is 10.1 Å². The van der Waals surface area contributed by atoms with Crippen LogP contribution in [-0.2, 0) is 9.59 Å². The Bertz CT molecular complexity index is 642. The summed E-state index contributed by atoms with van der Waals surface area (Å²) in [5, 5.41) is 2.72. The lowest BCUT2D eigenvalue weighted by molar-refractivity contribution is -0.165. The molecule has 1 aromatic carbocycles. The van der Waals surface area contributed by atoms with Crippen LogP contribution in [0.25, 0.3) is 0 Å². The lowest BCUT2D eigenvalue weighted by Crippen LogP contribution is -2.36. The van der Waals surface area contributed by atoms with Crippen molar-refractivity contribution < 1.29 is 27.5 Å². The second kappa shape index (κ2) is 8.04. The van der Waals surface area contributed by atoms with E-state index < -0.39 is 18.0 Å². The van der Waals surface area contributed by atoms with Gasteiger partial charge in [0.2, 0.25) is 5.91 Å². The number of amides is 1. The monoisotopic (exact) mass is 356 g/mol. The molecule has 1 amide bonds. The Balaban J connectivity index is 1.98. The predicted molar refractivity (Wildman–Crippen MR) is 86.2 cm³/mol. The molecule has 1 aliphatic heterocycles. The Morgan fingerprint density at radius 3 is 2.60 bits per heavy atom. The first-order valence-electron chi connectivity index (χ1n) is 7.90. The summed E-state index contributed by atoms with van der Waals surface area (Å²) in [6, 6.07) is 6.20. The molecular weight excluding hydrogens is 337 g/mol. The molecule has 136 valence electrons. The van der Waals surface area contributed by atoms with Gasteiger partial charge in [-0.1, -0.05) is 0 Å². The highest BCUT2D eigenvalue weighted by atomic mass is 19.4. The number of likely N-dealkylation sites (tertiary alicyclic amines) is 1. The van der Waals surface area contributed by atoms with Gasteiger partial charge in [0, 0.05) is 24.5 Å². The predicted octanol–water partition coefficient (Wildman–Crippen LogP) is 3.13. The number of carbonyl (C=O) groups excluding carboxylic acids is 2. The standard InChI is InChI=1S/C17H19F3N2O3/c1-2-25-13-7-5-12(6-8-13)21-16(24)14-4-3-10-22(14)11-9-15(23)17(18,19)20/h5-9,11,14H,2-4,10H2,1H3,(H,21,24). The average molecular weight is 356 g/mol. The number of benzene rings is 1. The van der Waals surface area contributed by atoms with Gasteiger partial charge in [-0.25, -0.2) is 0 Å². The molecule has 0 saturated carbocycles. The zero-order valence-corrected chi connectivity index (χ0v) is 13.7. The van der Waals surface area contributed by atoms with E-state index in [0.29, 0.717) is 43.5 Å². The minimum atomic E-state index is -4.91. The molecule has 2 rings (SSSR count). The van der Waals surface area contributed by atoms with Crippen molar-refractivity contribution in [3.05, 3.63) is 36.5 Å². The Hall–Kier alpha value is -2.51. The summed E-state index contributed by atoms with van der Waals surface area (Å²) < 4.78 is 42.0. The maximum Gasteiger partial charge on any atom is 0.454 e. The molecule has 0 radical (unpaired) electrons. The topological polar surface area (TPSA) is 58.6 Å². The number of ether oxygens (including phenoxy) is 1. The van der Waals surface area contributed by atoms with Gasteiger partial charge in [-0.05, 0) is 44.0 Å². The molecule has 0 spiro atoms. The van der Waals surface area contributed by atoms with Gasteiger partial charge in [-0.3, -0.25) is 9.59 Å². The summed E-state index contributed by atoms with van der Waals surface area (Å²) in [4.78, 5) is 24.7. The first-order chi connectivity index (χ1) is 11.8. The molecule has 1 fully saturated rings. The zero-order valence-electron chi connectivity index (χ0n) is 13.7. The number of ketones is 1. The van der Waals surface area contributed by atoms with E-state index in [1.165, 1.54) is 4.90 Å². The molecule has 0 bridgehead atoms. The Morgan fingerprint density at radius 1 is 1.32 bits per heavy atom. The Kier molecular flexibility index (Phi) is 6.06. The fourth-order valence-corrected chi connectivity index (χ4v) is 2.53. The lowest BCUT2D eigenvalue weighted by Gasteiger charge is -2.22. The third kappa shape index (κ3) is 5.23. The first kappa shape index (κ1) is 18.8. The molecule has 1 heterocycles. The van der Waals surface area contributed by atoms with E-state index in [2.05, 4.69) is 5.32 Å². The minimum absolute atomic E-state index is 0.328. The van der Waals surface area contributed by atoms with Gasteiger partial charge < -0.3 is 15.0 Å². The van der Waals surface area contributed by atoms with E-state index >= 15 is 0 Å². The van der Waals surface area contributed by atoms with E-state index in [-0.39, 0.29) is 5.91 Å². The van der Waals surface area contributed by atoms with E-state index in [4.69, 9.17) is 4.74 Å². The minimum Gasteiger partial charge on any atom is -0.494 e. The van der Waals surface area contributed by atoms with Crippen molar-refractivity contribution in [1.29, 1.82) is 0 Å². The average Bonchev–Trinajstić information content (AvgIpc) is 3.02. The number of alkyl halides is 3. The largest absolute Gasteiger partial charge is 0.494 e.